The highest BCUT2D eigenvalue weighted by Gasteiger charge is 2.23. The monoisotopic (exact) mass is 376 g/mol. The summed E-state index contributed by atoms with van der Waals surface area (Å²) in [6, 6.07) is 6.44. The molecule has 7 heteroatoms. The minimum absolute atomic E-state index is 0.412. The van der Waals surface area contributed by atoms with Gasteiger partial charge in [-0.05, 0) is 40.5 Å². The van der Waals surface area contributed by atoms with E-state index in [1.807, 2.05) is 37.3 Å². The Morgan fingerprint density at radius 2 is 2.17 bits per heavy atom. The van der Waals surface area contributed by atoms with Crippen LogP contribution >= 0.6 is 15.9 Å². The van der Waals surface area contributed by atoms with Gasteiger partial charge in [-0.2, -0.15) is 4.98 Å². The first-order valence-electron chi connectivity index (χ1n) is 7.70. The topological polar surface area (TPSA) is 57.2 Å². The van der Waals surface area contributed by atoms with Crippen molar-refractivity contribution in [2.75, 3.05) is 37.4 Å². The van der Waals surface area contributed by atoms with E-state index >= 15 is 0 Å². The molecule has 122 valence electrons. The van der Waals surface area contributed by atoms with Crippen LogP contribution in [0.5, 0.6) is 0 Å². The molecule has 6 nitrogen and oxygen atoms in total. The van der Waals surface area contributed by atoms with E-state index < -0.39 is 0 Å². The lowest BCUT2D eigenvalue weighted by atomic mass is 10.2. The number of anilines is 2. The first-order valence-corrected chi connectivity index (χ1v) is 8.49. The van der Waals surface area contributed by atoms with Crippen molar-refractivity contribution < 1.29 is 0 Å². The van der Waals surface area contributed by atoms with Gasteiger partial charge in [0.25, 0.3) is 0 Å². The second-order valence-corrected chi connectivity index (χ2v) is 6.88. The number of likely N-dealkylation sites (tertiary alicyclic amines) is 1. The van der Waals surface area contributed by atoms with Gasteiger partial charge in [0, 0.05) is 56.6 Å². The van der Waals surface area contributed by atoms with Gasteiger partial charge >= 0.3 is 0 Å². The Morgan fingerprint density at radius 1 is 1.30 bits per heavy atom. The zero-order valence-corrected chi connectivity index (χ0v) is 15.0. The van der Waals surface area contributed by atoms with Crippen LogP contribution in [-0.4, -0.2) is 53.1 Å². The van der Waals surface area contributed by atoms with E-state index in [2.05, 4.69) is 47.2 Å². The molecule has 0 bridgehead atoms. The van der Waals surface area contributed by atoms with E-state index in [1.165, 1.54) is 0 Å². The first-order chi connectivity index (χ1) is 11.1. The lowest BCUT2D eigenvalue weighted by molar-refractivity contribution is 0.324. The van der Waals surface area contributed by atoms with Gasteiger partial charge in [-0.15, -0.1) is 0 Å². The summed E-state index contributed by atoms with van der Waals surface area (Å²) in [6.07, 6.45) is 4.76. The Hall–Kier alpha value is -1.73. The predicted octanol–water partition coefficient (Wildman–Crippen LogP) is 2.39. The molecule has 0 radical (unpaired) electrons. The Kier molecular flexibility index (Phi) is 5.07. The number of pyridine rings is 1. The molecule has 3 heterocycles. The van der Waals surface area contributed by atoms with Crippen LogP contribution in [0, 0.1) is 0 Å². The molecule has 1 aliphatic heterocycles. The van der Waals surface area contributed by atoms with Crippen molar-refractivity contribution in [3.05, 3.63) is 40.8 Å². The van der Waals surface area contributed by atoms with E-state index in [0.717, 1.165) is 48.0 Å². The summed E-state index contributed by atoms with van der Waals surface area (Å²) in [6.45, 7) is 2.96. The molecule has 1 aliphatic rings. The maximum Gasteiger partial charge on any atom is 0.226 e. The van der Waals surface area contributed by atoms with E-state index in [0.29, 0.717) is 6.04 Å². The van der Waals surface area contributed by atoms with E-state index in [-0.39, 0.29) is 0 Å². The number of nitrogens with zero attached hydrogens (tertiary/aromatic N) is 5. The van der Waals surface area contributed by atoms with Crippen LogP contribution in [0.2, 0.25) is 0 Å². The Morgan fingerprint density at radius 3 is 2.91 bits per heavy atom. The minimum atomic E-state index is 0.412. The lowest BCUT2D eigenvalue weighted by Gasteiger charge is -2.17. The predicted molar refractivity (Wildman–Crippen MR) is 95.6 cm³/mol. The molecule has 1 atom stereocenters. The average molecular weight is 377 g/mol. The van der Waals surface area contributed by atoms with Crippen molar-refractivity contribution >= 4 is 27.7 Å². The van der Waals surface area contributed by atoms with Gasteiger partial charge in [0.2, 0.25) is 5.95 Å². The summed E-state index contributed by atoms with van der Waals surface area (Å²) in [5.74, 6) is 1.61. The second-order valence-electron chi connectivity index (χ2n) is 5.97. The molecule has 0 amide bonds. The van der Waals surface area contributed by atoms with Crippen molar-refractivity contribution in [3.8, 4) is 0 Å². The Balaban J connectivity index is 1.55. The highest BCUT2D eigenvalue weighted by molar-refractivity contribution is 9.10. The highest BCUT2D eigenvalue weighted by Crippen LogP contribution is 2.18. The molecule has 2 aromatic heterocycles. The molecule has 23 heavy (non-hydrogen) atoms. The fraction of sp³-hybridized carbons (Fsp3) is 0.438. The zero-order valence-electron chi connectivity index (χ0n) is 13.4. The van der Waals surface area contributed by atoms with Crippen LogP contribution in [0.3, 0.4) is 0 Å². The Bertz CT molecular complexity index is 645. The summed E-state index contributed by atoms with van der Waals surface area (Å²) >= 11 is 3.42. The number of hydrogen-bond acceptors (Lipinski definition) is 6. The van der Waals surface area contributed by atoms with Crippen molar-refractivity contribution in [2.24, 2.45) is 0 Å². The third-order valence-electron chi connectivity index (χ3n) is 3.84. The molecule has 0 spiro atoms. The van der Waals surface area contributed by atoms with Gasteiger partial charge in [0.1, 0.15) is 5.82 Å². The third-order valence-corrected chi connectivity index (χ3v) is 4.31. The van der Waals surface area contributed by atoms with Crippen LogP contribution in [0.4, 0.5) is 11.8 Å². The fourth-order valence-electron chi connectivity index (χ4n) is 2.68. The summed E-state index contributed by atoms with van der Waals surface area (Å²) in [5.41, 5.74) is 1.10. The summed E-state index contributed by atoms with van der Waals surface area (Å²) < 4.78 is 1.02. The van der Waals surface area contributed by atoms with Crippen molar-refractivity contribution in [3.63, 3.8) is 0 Å². The number of hydrogen-bond donors (Lipinski definition) is 1. The normalized spacial score (nSPS) is 18.1. The number of nitrogens with one attached hydrogen (secondary N) is 1. The zero-order chi connectivity index (χ0) is 16.2. The van der Waals surface area contributed by atoms with Crippen LogP contribution in [0.25, 0.3) is 0 Å². The SMILES string of the molecule is CN(C)c1nccc(NC2CCN(Cc3ccc(Br)cn3)C2)n1. The molecule has 0 saturated carbocycles. The second kappa shape index (κ2) is 7.23. The highest BCUT2D eigenvalue weighted by atomic mass is 79.9. The molecule has 0 aromatic carbocycles. The van der Waals surface area contributed by atoms with E-state index in [1.54, 1.807) is 6.20 Å². The van der Waals surface area contributed by atoms with Crippen LogP contribution in [0.1, 0.15) is 12.1 Å². The van der Waals surface area contributed by atoms with Gasteiger partial charge in [0.15, 0.2) is 0 Å². The van der Waals surface area contributed by atoms with Crippen LogP contribution in [0.15, 0.2) is 35.1 Å². The van der Waals surface area contributed by atoms with Crippen molar-refractivity contribution in [1.82, 2.24) is 19.9 Å². The molecule has 1 saturated heterocycles. The van der Waals surface area contributed by atoms with Gasteiger partial charge in [-0.3, -0.25) is 9.88 Å². The smallest absolute Gasteiger partial charge is 0.226 e. The maximum absolute atomic E-state index is 4.52. The molecule has 1 N–H and O–H groups in total. The molecule has 3 rings (SSSR count). The molecule has 0 aliphatic carbocycles. The summed E-state index contributed by atoms with van der Waals surface area (Å²) in [7, 11) is 3.89. The van der Waals surface area contributed by atoms with Crippen molar-refractivity contribution in [1.29, 1.82) is 0 Å². The first kappa shape index (κ1) is 16.1. The molecule has 1 fully saturated rings. The summed E-state index contributed by atoms with van der Waals surface area (Å²) in [4.78, 5) is 17.5. The van der Waals surface area contributed by atoms with Crippen molar-refractivity contribution in [2.45, 2.75) is 19.0 Å². The molecule has 1 unspecified atom stereocenters. The minimum Gasteiger partial charge on any atom is -0.366 e. The fourth-order valence-corrected chi connectivity index (χ4v) is 2.91. The molecular formula is C16H21BrN6. The maximum atomic E-state index is 4.52. The average Bonchev–Trinajstić information content (AvgIpc) is 2.97. The van der Waals surface area contributed by atoms with Gasteiger partial charge < -0.3 is 10.2 Å². The van der Waals surface area contributed by atoms with E-state index in [4.69, 9.17) is 0 Å². The number of halogens is 1. The quantitative estimate of drug-likeness (QED) is 0.864. The number of aromatic nitrogens is 3. The van der Waals surface area contributed by atoms with Crippen LogP contribution in [-0.2, 0) is 6.54 Å². The largest absolute Gasteiger partial charge is 0.366 e. The lowest BCUT2D eigenvalue weighted by Crippen LogP contribution is -2.26. The standard InChI is InChI=1S/C16H21BrN6/c1-22(2)16-18-7-5-15(21-16)20-14-6-8-23(11-14)10-13-4-3-12(17)9-19-13/h3-5,7,9,14H,6,8,10-11H2,1-2H3,(H,18,20,21). The molecule has 2 aromatic rings. The summed E-state index contributed by atoms with van der Waals surface area (Å²) in [5, 5.41) is 3.51. The van der Waals surface area contributed by atoms with E-state index in [9.17, 15) is 0 Å². The Labute approximate surface area is 145 Å². The van der Waals surface area contributed by atoms with Crippen LogP contribution < -0.4 is 10.2 Å². The third kappa shape index (κ3) is 4.39. The van der Waals surface area contributed by atoms with Gasteiger partial charge in [0.05, 0.1) is 5.69 Å². The van der Waals surface area contributed by atoms with Gasteiger partial charge in [-0.25, -0.2) is 4.98 Å². The van der Waals surface area contributed by atoms with Gasteiger partial charge in [-0.1, -0.05) is 0 Å². The molecular weight excluding hydrogens is 356 g/mol. The number of rotatable bonds is 5.